The van der Waals surface area contributed by atoms with Crippen LogP contribution in [0.5, 0.6) is 5.75 Å². The van der Waals surface area contributed by atoms with Gasteiger partial charge in [-0.1, -0.05) is 0 Å². The van der Waals surface area contributed by atoms with E-state index in [0.717, 1.165) is 66.8 Å². The number of fused-ring (bicyclic) bond motifs is 2. The minimum Gasteiger partial charge on any atom is -0.478 e. The Kier molecular flexibility index (Phi) is 5.80. The smallest absolute Gasteiger partial charge is 0.161 e. The number of nitrogens with one attached hydrogen (secondary N) is 2. The van der Waals surface area contributed by atoms with Gasteiger partial charge in [0.1, 0.15) is 12.5 Å². The second-order valence-electron chi connectivity index (χ2n) is 9.58. The van der Waals surface area contributed by atoms with E-state index in [1.54, 1.807) is 0 Å². The Morgan fingerprint density at radius 3 is 2.60 bits per heavy atom. The van der Waals surface area contributed by atoms with Gasteiger partial charge >= 0.3 is 0 Å². The van der Waals surface area contributed by atoms with Crippen molar-refractivity contribution in [2.45, 2.75) is 26.4 Å². The fraction of sp³-hybridized carbons (Fsp3) is 0.321. The molecule has 0 atom stereocenters. The molecule has 7 nitrogen and oxygen atoms in total. The lowest BCUT2D eigenvalue weighted by atomic mass is 10.1. The number of aromatic nitrogens is 2. The minimum absolute atomic E-state index is 0.564. The van der Waals surface area contributed by atoms with Gasteiger partial charge in [-0.2, -0.15) is 0 Å². The summed E-state index contributed by atoms with van der Waals surface area (Å²) in [5.74, 6) is 0.956. The number of pyridine rings is 1. The monoisotopic (exact) mass is 468 g/mol. The third-order valence-electron chi connectivity index (χ3n) is 7.11. The molecule has 0 radical (unpaired) electrons. The van der Waals surface area contributed by atoms with Crippen LogP contribution in [0.25, 0.3) is 16.9 Å². The summed E-state index contributed by atoms with van der Waals surface area (Å²) in [7, 11) is 0. The summed E-state index contributed by atoms with van der Waals surface area (Å²) >= 11 is 0. The second kappa shape index (κ2) is 9.24. The molecule has 2 aromatic heterocycles. The Labute approximate surface area is 206 Å². The average Bonchev–Trinajstić information content (AvgIpc) is 3.40. The molecule has 4 aromatic rings. The highest BCUT2D eigenvalue weighted by Crippen LogP contribution is 2.31. The van der Waals surface area contributed by atoms with Gasteiger partial charge in [-0.15, -0.1) is 0 Å². The lowest BCUT2D eigenvalue weighted by Crippen LogP contribution is -2.48. The Bertz CT molecular complexity index is 1320. The molecule has 2 aliphatic heterocycles. The first-order valence-corrected chi connectivity index (χ1v) is 12.4. The Morgan fingerprint density at radius 2 is 1.80 bits per heavy atom. The first kappa shape index (κ1) is 21.9. The number of nitrogens with zero attached hydrogens (tertiary/aromatic N) is 4. The summed E-state index contributed by atoms with van der Waals surface area (Å²) in [5.41, 5.74) is 7.66. The predicted octanol–water partition coefficient (Wildman–Crippen LogP) is 4.71. The van der Waals surface area contributed by atoms with Crippen LogP contribution in [0.3, 0.4) is 0 Å². The summed E-state index contributed by atoms with van der Waals surface area (Å²) in [5, 5.41) is 6.84. The Hall–Kier alpha value is -3.55. The van der Waals surface area contributed by atoms with Gasteiger partial charge in [-0.3, -0.25) is 14.6 Å². The number of anilines is 3. The lowest BCUT2D eigenvalue weighted by Gasteiger charge is -2.38. The van der Waals surface area contributed by atoms with Crippen molar-refractivity contribution in [2.24, 2.45) is 0 Å². The van der Waals surface area contributed by atoms with E-state index in [2.05, 4.69) is 98.3 Å². The molecule has 180 valence electrons. The molecular formula is C28H32N6O. The number of hydrogen-bond donors (Lipinski definition) is 2. The fourth-order valence-corrected chi connectivity index (χ4v) is 5.09. The largest absolute Gasteiger partial charge is 0.478 e. The zero-order chi connectivity index (χ0) is 23.8. The van der Waals surface area contributed by atoms with E-state index in [1.165, 1.54) is 11.3 Å². The van der Waals surface area contributed by atoms with E-state index >= 15 is 0 Å². The van der Waals surface area contributed by atoms with Crippen molar-refractivity contribution in [1.29, 1.82) is 0 Å². The molecule has 0 spiro atoms. The molecule has 0 saturated carbocycles. The highest BCUT2D eigenvalue weighted by Gasteiger charge is 2.19. The molecule has 7 heteroatoms. The van der Waals surface area contributed by atoms with Crippen molar-refractivity contribution in [2.75, 3.05) is 43.1 Å². The number of rotatable bonds is 5. The molecule has 0 bridgehead atoms. The molecule has 0 aliphatic carbocycles. The van der Waals surface area contributed by atoms with Crippen LogP contribution in [0.15, 0.2) is 67.0 Å². The number of benzene rings is 2. The number of ether oxygens (including phenoxy) is 1. The minimum atomic E-state index is 0.564. The first-order valence-electron chi connectivity index (χ1n) is 12.4. The maximum atomic E-state index is 5.69. The molecule has 6 rings (SSSR count). The van der Waals surface area contributed by atoms with Gasteiger partial charge in [-0.25, -0.2) is 4.98 Å². The van der Waals surface area contributed by atoms with Crippen LogP contribution < -0.4 is 20.3 Å². The van der Waals surface area contributed by atoms with E-state index in [0.29, 0.717) is 12.8 Å². The van der Waals surface area contributed by atoms with Crippen molar-refractivity contribution in [3.63, 3.8) is 0 Å². The maximum absolute atomic E-state index is 5.69. The average molecular weight is 469 g/mol. The van der Waals surface area contributed by atoms with Gasteiger partial charge in [0.25, 0.3) is 0 Å². The first-order chi connectivity index (χ1) is 17.2. The fourth-order valence-electron chi connectivity index (χ4n) is 5.09. The SMILES string of the molecule is CC(C)N1CCN(c2ccc(Nc3ccc(-c4ccc5c(c4)CNCO5)n4ccnc34)cc2)CC1. The molecular weight excluding hydrogens is 436 g/mol. The standard InChI is InChI=1S/C28H32N6O/c1-20(2)32-13-15-33(16-14-32)24-6-4-23(5-7-24)31-25-8-9-26(34-12-11-30-28(25)34)21-3-10-27-22(17-21)18-29-19-35-27/h3-12,17,20,29,31H,13-16,18-19H2,1-2H3. The molecule has 1 saturated heterocycles. The molecule has 2 aliphatic rings. The van der Waals surface area contributed by atoms with Crippen molar-refractivity contribution in [1.82, 2.24) is 19.6 Å². The highest BCUT2D eigenvalue weighted by atomic mass is 16.5. The Balaban J connectivity index is 1.21. The number of piperazine rings is 1. The molecule has 4 heterocycles. The molecule has 0 unspecified atom stereocenters. The third-order valence-corrected chi connectivity index (χ3v) is 7.11. The highest BCUT2D eigenvalue weighted by molar-refractivity contribution is 5.78. The number of hydrogen-bond acceptors (Lipinski definition) is 6. The van der Waals surface area contributed by atoms with Crippen molar-refractivity contribution in [3.05, 3.63) is 72.6 Å². The third kappa shape index (κ3) is 4.33. The van der Waals surface area contributed by atoms with Crippen LogP contribution in [-0.4, -0.2) is 53.2 Å². The van der Waals surface area contributed by atoms with E-state index in [1.807, 2.05) is 12.4 Å². The zero-order valence-electron chi connectivity index (χ0n) is 20.4. The van der Waals surface area contributed by atoms with Crippen LogP contribution in [0, 0.1) is 0 Å². The predicted molar refractivity (Wildman–Crippen MR) is 142 cm³/mol. The van der Waals surface area contributed by atoms with Crippen LogP contribution >= 0.6 is 0 Å². The summed E-state index contributed by atoms with van der Waals surface area (Å²) in [6.07, 6.45) is 3.87. The van der Waals surface area contributed by atoms with Gasteiger partial charge in [0.15, 0.2) is 5.65 Å². The normalized spacial score (nSPS) is 16.4. The topological polar surface area (TPSA) is 57.1 Å². The summed E-state index contributed by atoms with van der Waals surface area (Å²) < 4.78 is 7.83. The van der Waals surface area contributed by atoms with E-state index in [-0.39, 0.29) is 0 Å². The lowest BCUT2D eigenvalue weighted by molar-refractivity contribution is 0.209. The van der Waals surface area contributed by atoms with Crippen molar-refractivity contribution >= 4 is 22.7 Å². The summed E-state index contributed by atoms with van der Waals surface area (Å²) in [6, 6.07) is 20.0. The number of imidazole rings is 1. The van der Waals surface area contributed by atoms with Gasteiger partial charge in [0.2, 0.25) is 0 Å². The van der Waals surface area contributed by atoms with E-state index < -0.39 is 0 Å². The van der Waals surface area contributed by atoms with Gasteiger partial charge in [0, 0.05) is 68.1 Å². The van der Waals surface area contributed by atoms with E-state index in [4.69, 9.17) is 4.74 Å². The molecule has 35 heavy (non-hydrogen) atoms. The maximum Gasteiger partial charge on any atom is 0.161 e. The van der Waals surface area contributed by atoms with Crippen LogP contribution in [0.4, 0.5) is 17.1 Å². The van der Waals surface area contributed by atoms with Crippen molar-refractivity contribution < 1.29 is 4.74 Å². The summed E-state index contributed by atoms with van der Waals surface area (Å²) in [6.45, 7) is 10.3. The van der Waals surface area contributed by atoms with Gasteiger partial charge < -0.3 is 15.0 Å². The molecule has 2 N–H and O–H groups in total. The van der Waals surface area contributed by atoms with Crippen LogP contribution in [-0.2, 0) is 6.54 Å². The van der Waals surface area contributed by atoms with Crippen LogP contribution in [0.2, 0.25) is 0 Å². The molecule has 1 fully saturated rings. The van der Waals surface area contributed by atoms with Crippen LogP contribution in [0.1, 0.15) is 19.4 Å². The summed E-state index contributed by atoms with van der Waals surface area (Å²) in [4.78, 5) is 9.67. The Morgan fingerprint density at radius 1 is 0.971 bits per heavy atom. The van der Waals surface area contributed by atoms with Gasteiger partial charge in [-0.05, 0) is 74.0 Å². The van der Waals surface area contributed by atoms with Gasteiger partial charge in [0.05, 0.1) is 11.4 Å². The second-order valence-corrected chi connectivity index (χ2v) is 9.58. The molecule has 0 amide bonds. The zero-order valence-corrected chi connectivity index (χ0v) is 20.4. The van der Waals surface area contributed by atoms with Crippen molar-refractivity contribution in [3.8, 4) is 17.0 Å². The van der Waals surface area contributed by atoms with E-state index in [9.17, 15) is 0 Å². The quantitative estimate of drug-likeness (QED) is 0.442. The molecule has 2 aromatic carbocycles.